The number of hydrogen-bond donors (Lipinski definition) is 0. The molecule has 1 atom stereocenters. The maximum absolute atomic E-state index is 4.64. The molecular weight excluding hydrogens is 284 g/mol. The average Bonchev–Trinajstić information content (AvgIpc) is 3.26. The smallest absolute Gasteiger partial charge is 0.0972 e. The Hall–Kier alpha value is -2.46. The number of rotatable bonds is 4. The monoisotopic (exact) mass is 304 g/mol. The zero-order valence-corrected chi connectivity index (χ0v) is 13.0. The van der Waals surface area contributed by atoms with Gasteiger partial charge >= 0.3 is 0 Å². The molecule has 1 aromatic heterocycles. The van der Waals surface area contributed by atoms with Crippen molar-refractivity contribution in [2.75, 3.05) is 6.54 Å². The molecule has 0 saturated carbocycles. The molecule has 0 bridgehead atoms. The van der Waals surface area contributed by atoms with Crippen molar-refractivity contribution >= 4 is 0 Å². The number of benzene rings is 2. The van der Waals surface area contributed by atoms with Crippen LogP contribution in [-0.2, 0) is 6.54 Å². The molecule has 2 heterocycles. The molecule has 1 saturated heterocycles. The third-order valence-electron chi connectivity index (χ3n) is 4.44. The van der Waals surface area contributed by atoms with Crippen molar-refractivity contribution in [3.05, 3.63) is 78.1 Å². The summed E-state index contributed by atoms with van der Waals surface area (Å²) in [5.41, 5.74) is 3.43. The van der Waals surface area contributed by atoms with E-state index < -0.39 is 0 Å². The summed E-state index contributed by atoms with van der Waals surface area (Å²) >= 11 is 0. The highest BCUT2D eigenvalue weighted by Crippen LogP contribution is 2.32. The van der Waals surface area contributed by atoms with E-state index in [1.807, 2.05) is 36.5 Å². The summed E-state index contributed by atoms with van der Waals surface area (Å²) in [6, 6.07) is 21.3. The van der Waals surface area contributed by atoms with Crippen LogP contribution >= 0.6 is 0 Å². The molecule has 4 heteroatoms. The van der Waals surface area contributed by atoms with Crippen LogP contribution in [0.15, 0.2) is 66.9 Å². The van der Waals surface area contributed by atoms with E-state index in [1.54, 1.807) is 4.80 Å². The van der Waals surface area contributed by atoms with Gasteiger partial charge in [0.1, 0.15) is 0 Å². The molecule has 4 rings (SSSR count). The summed E-state index contributed by atoms with van der Waals surface area (Å²) in [5.74, 6) is 0. The number of likely N-dealkylation sites (tertiary alicyclic amines) is 1. The molecule has 4 nitrogen and oxygen atoms in total. The lowest BCUT2D eigenvalue weighted by molar-refractivity contribution is 0.245. The summed E-state index contributed by atoms with van der Waals surface area (Å²) in [4.78, 5) is 4.22. The van der Waals surface area contributed by atoms with E-state index in [4.69, 9.17) is 0 Å². The van der Waals surface area contributed by atoms with Crippen LogP contribution in [-0.4, -0.2) is 26.4 Å². The van der Waals surface area contributed by atoms with Gasteiger partial charge in [-0.05, 0) is 37.1 Å². The van der Waals surface area contributed by atoms with Gasteiger partial charge in [-0.15, -0.1) is 0 Å². The topological polar surface area (TPSA) is 34.0 Å². The first kappa shape index (κ1) is 14.2. The van der Waals surface area contributed by atoms with E-state index in [-0.39, 0.29) is 0 Å². The third-order valence-corrected chi connectivity index (χ3v) is 4.44. The zero-order chi connectivity index (χ0) is 15.5. The van der Waals surface area contributed by atoms with Gasteiger partial charge in [-0.3, -0.25) is 4.90 Å². The van der Waals surface area contributed by atoms with Crippen LogP contribution in [0.3, 0.4) is 0 Å². The second-order valence-electron chi connectivity index (χ2n) is 6.00. The number of para-hydroxylation sites is 1. The number of hydrogen-bond acceptors (Lipinski definition) is 3. The molecule has 1 unspecified atom stereocenters. The highest BCUT2D eigenvalue weighted by atomic mass is 15.5. The Morgan fingerprint density at radius 3 is 2.48 bits per heavy atom. The summed E-state index contributed by atoms with van der Waals surface area (Å²) in [7, 11) is 0. The van der Waals surface area contributed by atoms with E-state index in [0.29, 0.717) is 6.04 Å². The Kier molecular flexibility index (Phi) is 3.90. The molecule has 0 radical (unpaired) electrons. The summed E-state index contributed by atoms with van der Waals surface area (Å²) < 4.78 is 0. The van der Waals surface area contributed by atoms with Gasteiger partial charge in [-0.2, -0.15) is 15.0 Å². The van der Waals surface area contributed by atoms with Crippen LogP contribution in [0.2, 0.25) is 0 Å². The summed E-state index contributed by atoms with van der Waals surface area (Å²) in [6.45, 7) is 1.98. The van der Waals surface area contributed by atoms with E-state index in [0.717, 1.165) is 24.5 Å². The molecule has 0 N–H and O–H groups in total. The lowest BCUT2D eigenvalue weighted by atomic mass is 10.0. The maximum Gasteiger partial charge on any atom is 0.0972 e. The van der Waals surface area contributed by atoms with Gasteiger partial charge in [-0.25, -0.2) is 0 Å². The van der Waals surface area contributed by atoms with Crippen molar-refractivity contribution in [2.45, 2.75) is 25.4 Å². The molecule has 0 amide bonds. The molecule has 2 aromatic carbocycles. The molecule has 116 valence electrons. The van der Waals surface area contributed by atoms with Gasteiger partial charge in [0, 0.05) is 12.6 Å². The Morgan fingerprint density at radius 2 is 1.70 bits per heavy atom. The van der Waals surface area contributed by atoms with Crippen LogP contribution in [0, 0.1) is 0 Å². The fourth-order valence-electron chi connectivity index (χ4n) is 3.33. The van der Waals surface area contributed by atoms with E-state index in [1.165, 1.54) is 18.4 Å². The molecular formula is C19H20N4. The van der Waals surface area contributed by atoms with Gasteiger partial charge in [0.25, 0.3) is 0 Å². The van der Waals surface area contributed by atoms with Crippen LogP contribution in [0.5, 0.6) is 0 Å². The van der Waals surface area contributed by atoms with Crippen molar-refractivity contribution < 1.29 is 0 Å². The minimum absolute atomic E-state index is 0.498. The fraction of sp³-hybridized carbons (Fsp3) is 0.263. The highest BCUT2D eigenvalue weighted by Gasteiger charge is 2.26. The Bertz CT molecular complexity index is 751. The standard InChI is InChI=1S/C19H20N4/c1-3-8-16(9-4-1)19-12-7-13-22(19)15-17-14-20-23(21-17)18-10-5-2-6-11-18/h1-6,8-11,14,19H,7,12-13,15H2. The van der Waals surface area contributed by atoms with Crippen LogP contribution < -0.4 is 0 Å². The van der Waals surface area contributed by atoms with Crippen LogP contribution in [0.1, 0.15) is 30.1 Å². The van der Waals surface area contributed by atoms with Crippen molar-refractivity contribution in [1.82, 2.24) is 19.9 Å². The first-order chi connectivity index (χ1) is 11.4. The molecule has 0 spiro atoms. The fourth-order valence-corrected chi connectivity index (χ4v) is 3.33. The highest BCUT2D eigenvalue weighted by molar-refractivity contribution is 5.28. The second-order valence-corrected chi connectivity index (χ2v) is 6.00. The van der Waals surface area contributed by atoms with Gasteiger partial charge in [0.15, 0.2) is 0 Å². The molecule has 0 aliphatic carbocycles. The van der Waals surface area contributed by atoms with Crippen molar-refractivity contribution in [1.29, 1.82) is 0 Å². The Labute approximate surface area is 136 Å². The lowest BCUT2D eigenvalue weighted by Crippen LogP contribution is -2.23. The first-order valence-electron chi connectivity index (χ1n) is 8.16. The normalized spacial score (nSPS) is 18.3. The van der Waals surface area contributed by atoms with Gasteiger partial charge in [-0.1, -0.05) is 48.5 Å². The van der Waals surface area contributed by atoms with Crippen molar-refractivity contribution in [3.63, 3.8) is 0 Å². The summed E-state index contributed by atoms with van der Waals surface area (Å²) in [5, 5.41) is 9.04. The van der Waals surface area contributed by atoms with Crippen molar-refractivity contribution in [2.24, 2.45) is 0 Å². The van der Waals surface area contributed by atoms with E-state index in [9.17, 15) is 0 Å². The Balaban J connectivity index is 1.51. The number of aromatic nitrogens is 3. The third kappa shape index (κ3) is 3.03. The molecule has 1 aliphatic rings. The molecule has 23 heavy (non-hydrogen) atoms. The van der Waals surface area contributed by atoms with E-state index >= 15 is 0 Å². The van der Waals surface area contributed by atoms with Crippen LogP contribution in [0.4, 0.5) is 0 Å². The zero-order valence-electron chi connectivity index (χ0n) is 13.0. The first-order valence-corrected chi connectivity index (χ1v) is 8.16. The Morgan fingerprint density at radius 1 is 0.957 bits per heavy atom. The van der Waals surface area contributed by atoms with E-state index in [2.05, 4.69) is 45.4 Å². The second kappa shape index (κ2) is 6.34. The van der Waals surface area contributed by atoms with Crippen molar-refractivity contribution in [3.8, 4) is 5.69 Å². The van der Waals surface area contributed by atoms with Gasteiger partial charge in [0.2, 0.25) is 0 Å². The molecule has 1 aliphatic heterocycles. The lowest BCUT2D eigenvalue weighted by Gasteiger charge is -2.23. The van der Waals surface area contributed by atoms with Crippen LogP contribution in [0.25, 0.3) is 5.69 Å². The predicted octanol–water partition coefficient (Wildman–Crippen LogP) is 3.60. The largest absolute Gasteiger partial charge is 0.290 e. The maximum atomic E-state index is 4.64. The van der Waals surface area contributed by atoms with Gasteiger partial charge < -0.3 is 0 Å². The SMILES string of the molecule is c1ccc(C2CCCN2Cc2cnn(-c3ccccc3)n2)cc1. The summed E-state index contributed by atoms with van der Waals surface area (Å²) in [6.07, 6.45) is 4.34. The molecule has 1 fully saturated rings. The van der Waals surface area contributed by atoms with Gasteiger partial charge in [0.05, 0.1) is 17.6 Å². The molecule has 3 aromatic rings. The minimum Gasteiger partial charge on any atom is -0.290 e. The predicted molar refractivity (Wildman–Crippen MR) is 90.2 cm³/mol. The minimum atomic E-state index is 0.498. The average molecular weight is 304 g/mol. The number of nitrogens with zero attached hydrogens (tertiary/aromatic N) is 4. The quantitative estimate of drug-likeness (QED) is 0.738.